The van der Waals surface area contributed by atoms with E-state index < -0.39 is 0 Å². The van der Waals surface area contributed by atoms with E-state index in [0.717, 1.165) is 27.6 Å². The molecule has 28 heavy (non-hydrogen) atoms. The van der Waals surface area contributed by atoms with Crippen LogP contribution < -0.4 is 10.1 Å². The fraction of sp³-hybridized carbons (Fsp3) is 0.0870. The molecular weight excluding hydrogens is 350 g/mol. The number of nitrogens with zero attached hydrogens (tertiary/aromatic N) is 2. The predicted octanol–water partition coefficient (Wildman–Crippen LogP) is 4.49. The number of fused-ring (bicyclic) bond motifs is 1. The molecular formula is C23H19N3O2. The third-order valence-electron chi connectivity index (χ3n) is 4.48. The molecule has 3 aromatic carbocycles. The molecule has 0 unspecified atom stereocenters. The summed E-state index contributed by atoms with van der Waals surface area (Å²) in [6.45, 7) is 0. The van der Waals surface area contributed by atoms with Gasteiger partial charge in [-0.1, -0.05) is 54.6 Å². The van der Waals surface area contributed by atoms with Crippen LogP contribution in [0.25, 0.3) is 22.0 Å². The van der Waals surface area contributed by atoms with Crippen molar-refractivity contribution in [2.75, 3.05) is 12.4 Å². The number of benzene rings is 3. The highest BCUT2D eigenvalue weighted by Gasteiger charge is 2.08. The Morgan fingerprint density at radius 3 is 2.54 bits per heavy atom. The van der Waals surface area contributed by atoms with E-state index in [9.17, 15) is 4.79 Å². The molecule has 0 saturated carbocycles. The van der Waals surface area contributed by atoms with Crippen LogP contribution in [0, 0.1) is 0 Å². The molecule has 0 aliphatic rings. The second kappa shape index (κ2) is 7.88. The molecule has 0 radical (unpaired) electrons. The van der Waals surface area contributed by atoms with Crippen LogP contribution in [0.4, 0.5) is 5.82 Å². The molecule has 138 valence electrons. The van der Waals surface area contributed by atoms with Crippen LogP contribution in [0.5, 0.6) is 5.75 Å². The third-order valence-corrected chi connectivity index (χ3v) is 4.48. The molecule has 0 aliphatic heterocycles. The molecule has 0 aliphatic carbocycles. The maximum atomic E-state index is 12.4. The van der Waals surface area contributed by atoms with Crippen molar-refractivity contribution in [1.29, 1.82) is 0 Å². The predicted molar refractivity (Wildman–Crippen MR) is 110 cm³/mol. The number of carbonyl (C=O) groups excluding carboxylic acids is 1. The Balaban J connectivity index is 1.43. The number of rotatable bonds is 5. The van der Waals surface area contributed by atoms with Crippen molar-refractivity contribution in [1.82, 2.24) is 10.2 Å². The summed E-state index contributed by atoms with van der Waals surface area (Å²) in [5.74, 6) is 1.06. The zero-order valence-corrected chi connectivity index (χ0v) is 15.4. The van der Waals surface area contributed by atoms with Crippen LogP contribution in [-0.4, -0.2) is 23.2 Å². The minimum absolute atomic E-state index is 0.126. The van der Waals surface area contributed by atoms with Crippen molar-refractivity contribution in [2.45, 2.75) is 6.42 Å². The Kier molecular flexibility index (Phi) is 4.97. The van der Waals surface area contributed by atoms with Gasteiger partial charge in [0.05, 0.1) is 19.2 Å². The maximum Gasteiger partial charge on any atom is 0.229 e. The topological polar surface area (TPSA) is 64.1 Å². The highest BCUT2D eigenvalue weighted by atomic mass is 16.5. The van der Waals surface area contributed by atoms with Gasteiger partial charge in [0.15, 0.2) is 5.82 Å². The smallest absolute Gasteiger partial charge is 0.229 e. The van der Waals surface area contributed by atoms with Gasteiger partial charge in [0, 0.05) is 5.56 Å². The molecule has 4 rings (SSSR count). The number of ether oxygens (including phenoxy) is 1. The molecule has 0 saturated heterocycles. The van der Waals surface area contributed by atoms with Crippen LogP contribution in [0.15, 0.2) is 78.9 Å². The molecule has 1 heterocycles. The van der Waals surface area contributed by atoms with Crippen molar-refractivity contribution < 1.29 is 9.53 Å². The number of carbonyl (C=O) groups is 1. The van der Waals surface area contributed by atoms with E-state index in [-0.39, 0.29) is 12.3 Å². The van der Waals surface area contributed by atoms with Gasteiger partial charge in [-0.2, -0.15) is 0 Å². The second-order valence-corrected chi connectivity index (χ2v) is 6.44. The van der Waals surface area contributed by atoms with Crippen LogP contribution in [0.3, 0.4) is 0 Å². The van der Waals surface area contributed by atoms with Crippen molar-refractivity contribution in [3.63, 3.8) is 0 Å². The summed E-state index contributed by atoms with van der Waals surface area (Å²) in [6, 6.07) is 25.3. The summed E-state index contributed by atoms with van der Waals surface area (Å²) in [7, 11) is 1.62. The zero-order chi connectivity index (χ0) is 19.3. The van der Waals surface area contributed by atoms with Crippen LogP contribution in [0.1, 0.15) is 5.56 Å². The van der Waals surface area contributed by atoms with Gasteiger partial charge in [-0.05, 0) is 40.6 Å². The Bertz CT molecular complexity index is 1120. The normalized spacial score (nSPS) is 10.6. The van der Waals surface area contributed by atoms with Gasteiger partial charge in [-0.25, -0.2) is 0 Å². The number of hydrogen-bond donors (Lipinski definition) is 1. The van der Waals surface area contributed by atoms with Crippen LogP contribution in [0.2, 0.25) is 0 Å². The lowest BCUT2D eigenvalue weighted by molar-refractivity contribution is -0.115. The minimum Gasteiger partial charge on any atom is -0.497 e. The number of amides is 1. The van der Waals surface area contributed by atoms with Gasteiger partial charge < -0.3 is 10.1 Å². The number of hydrogen-bond acceptors (Lipinski definition) is 4. The summed E-state index contributed by atoms with van der Waals surface area (Å²) >= 11 is 0. The van der Waals surface area contributed by atoms with E-state index in [1.165, 1.54) is 0 Å². The summed E-state index contributed by atoms with van der Waals surface area (Å²) in [4.78, 5) is 12.4. The molecule has 5 heteroatoms. The molecule has 0 fully saturated rings. The van der Waals surface area contributed by atoms with Crippen molar-refractivity contribution >= 4 is 22.5 Å². The average molecular weight is 369 g/mol. The van der Waals surface area contributed by atoms with E-state index in [4.69, 9.17) is 4.74 Å². The standard InChI is InChI=1S/C23H19N3O2/c1-28-20-8-4-7-19(15-20)21-11-12-22(26-25-21)24-23(27)14-16-9-10-17-5-2-3-6-18(17)13-16/h2-13,15H,14H2,1H3,(H,24,26,27). The molecule has 0 spiro atoms. The number of aromatic nitrogens is 2. The largest absolute Gasteiger partial charge is 0.497 e. The van der Waals surface area contributed by atoms with Gasteiger partial charge >= 0.3 is 0 Å². The van der Waals surface area contributed by atoms with E-state index >= 15 is 0 Å². The maximum absolute atomic E-state index is 12.4. The van der Waals surface area contributed by atoms with E-state index in [1.54, 1.807) is 13.2 Å². The number of anilines is 1. The van der Waals surface area contributed by atoms with E-state index in [0.29, 0.717) is 11.5 Å². The molecule has 1 aromatic heterocycles. The lowest BCUT2D eigenvalue weighted by Gasteiger charge is -2.07. The molecule has 4 aromatic rings. The summed E-state index contributed by atoms with van der Waals surface area (Å²) in [5.41, 5.74) is 2.57. The van der Waals surface area contributed by atoms with Crippen molar-refractivity contribution in [3.05, 3.63) is 84.4 Å². The molecule has 1 amide bonds. The lowest BCUT2D eigenvalue weighted by atomic mass is 10.0. The third kappa shape index (κ3) is 3.99. The van der Waals surface area contributed by atoms with Gasteiger partial charge in [-0.3, -0.25) is 4.79 Å². The monoisotopic (exact) mass is 369 g/mol. The summed E-state index contributed by atoms with van der Waals surface area (Å²) < 4.78 is 5.23. The fourth-order valence-electron chi connectivity index (χ4n) is 3.06. The first-order chi connectivity index (χ1) is 13.7. The Hall–Kier alpha value is -3.73. The Morgan fingerprint density at radius 2 is 1.75 bits per heavy atom. The van der Waals surface area contributed by atoms with Crippen molar-refractivity contribution in [3.8, 4) is 17.0 Å². The van der Waals surface area contributed by atoms with Crippen LogP contribution >= 0.6 is 0 Å². The van der Waals surface area contributed by atoms with Crippen LogP contribution in [-0.2, 0) is 11.2 Å². The molecule has 5 nitrogen and oxygen atoms in total. The first-order valence-corrected chi connectivity index (χ1v) is 8.97. The average Bonchev–Trinajstić information content (AvgIpc) is 2.74. The number of nitrogens with one attached hydrogen (secondary N) is 1. The fourth-order valence-corrected chi connectivity index (χ4v) is 3.06. The van der Waals surface area contributed by atoms with Gasteiger partial charge in [0.25, 0.3) is 0 Å². The number of methoxy groups -OCH3 is 1. The van der Waals surface area contributed by atoms with Crippen molar-refractivity contribution in [2.24, 2.45) is 0 Å². The second-order valence-electron chi connectivity index (χ2n) is 6.44. The minimum atomic E-state index is -0.126. The summed E-state index contributed by atoms with van der Waals surface area (Å²) in [5, 5.41) is 13.4. The Morgan fingerprint density at radius 1 is 0.893 bits per heavy atom. The molecule has 1 N–H and O–H groups in total. The summed E-state index contributed by atoms with van der Waals surface area (Å²) in [6.07, 6.45) is 0.282. The Labute approximate surface area is 163 Å². The van der Waals surface area contributed by atoms with Gasteiger partial charge in [0.1, 0.15) is 5.75 Å². The first-order valence-electron chi connectivity index (χ1n) is 8.97. The highest BCUT2D eigenvalue weighted by Crippen LogP contribution is 2.22. The van der Waals surface area contributed by atoms with E-state index in [2.05, 4.69) is 21.6 Å². The highest BCUT2D eigenvalue weighted by molar-refractivity contribution is 5.92. The van der Waals surface area contributed by atoms with Gasteiger partial charge in [0.2, 0.25) is 5.91 Å². The SMILES string of the molecule is COc1cccc(-c2ccc(NC(=O)Cc3ccc4ccccc4c3)nn2)c1. The molecule has 0 bridgehead atoms. The first kappa shape index (κ1) is 17.7. The lowest BCUT2D eigenvalue weighted by Crippen LogP contribution is -2.15. The zero-order valence-electron chi connectivity index (χ0n) is 15.4. The van der Waals surface area contributed by atoms with Gasteiger partial charge in [-0.15, -0.1) is 10.2 Å². The quantitative estimate of drug-likeness (QED) is 0.563. The molecule has 0 atom stereocenters. The van der Waals surface area contributed by atoms with E-state index in [1.807, 2.05) is 66.7 Å².